The van der Waals surface area contributed by atoms with Crippen molar-refractivity contribution < 1.29 is 17.6 Å². The van der Waals surface area contributed by atoms with E-state index < -0.39 is 10.0 Å². The lowest BCUT2D eigenvalue weighted by Crippen LogP contribution is -2.31. The van der Waals surface area contributed by atoms with Crippen molar-refractivity contribution in [2.75, 3.05) is 18.8 Å². The van der Waals surface area contributed by atoms with Crippen molar-refractivity contribution in [1.82, 2.24) is 9.88 Å². The van der Waals surface area contributed by atoms with E-state index >= 15 is 0 Å². The number of aromatic amines is 1. The molecule has 1 aromatic carbocycles. The van der Waals surface area contributed by atoms with Crippen LogP contribution in [0.1, 0.15) is 16.9 Å². The number of H-pyrrole nitrogens is 1. The van der Waals surface area contributed by atoms with Gasteiger partial charge >= 0.3 is 0 Å². The molecule has 0 saturated carbocycles. The molecule has 0 aliphatic carbocycles. The van der Waals surface area contributed by atoms with Gasteiger partial charge in [0.2, 0.25) is 10.0 Å². The lowest BCUT2D eigenvalue weighted by atomic mass is 10.2. The molecule has 1 unspecified atom stereocenters. The van der Waals surface area contributed by atoms with Gasteiger partial charge in [-0.2, -0.15) is 0 Å². The fourth-order valence-electron chi connectivity index (χ4n) is 2.89. The molecule has 1 atom stereocenters. The van der Waals surface area contributed by atoms with E-state index in [1.807, 2.05) is 0 Å². The molecule has 8 heteroatoms. The van der Waals surface area contributed by atoms with Gasteiger partial charge in [-0.3, -0.25) is 4.79 Å². The molecular formula is C14H16FN3O3S. The summed E-state index contributed by atoms with van der Waals surface area (Å²) in [6.07, 6.45) is 0.594. The van der Waals surface area contributed by atoms with E-state index in [1.54, 1.807) is 17.0 Å². The summed E-state index contributed by atoms with van der Waals surface area (Å²) >= 11 is 0. The smallest absolute Gasteiger partial charge is 0.270 e. The number of nitrogens with two attached hydrogens (primary N) is 1. The minimum absolute atomic E-state index is 0.127. The Balaban J connectivity index is 1.78. The molecule has 1 aromatic heterocycles. The van der Waals surface area contributed by atoms with Crippen LogP contribution >= 0.6 is 0 Å². The normalized spacial score (nSPS) is 19.0. The maximum absolute atomic E-state index is 13.7. The van der Waals surface area contributed by atoms with Crippen LogP contribution in [0.5, 0.6) is 0 Å². The molecule has 3 rings (SSSR count). The minimum atomic E-state index is -3.54. The SMILES string of the molecule is NS(=O)(=O)CC1CCN(C(=O)c2cc3c(F)cccc3[nH]2)C1. The molecule has 1 fully saturated rings. The fourth-order valence-corrected chi connectivity index (χ4v) is 3.81. The number of carbonyl (C=O) groups excluding carboxylic acids is 1. The molecule has 22 heavy (non-hydrogen) atoms. The van der Waals surface area contributed by atoms with E-state index in [-0.39, 0.29) is 23.4 Å². The van der Waals surface area contributed by atoms with Gasteiger partial charge in [0, 0.05) is 24.0 Å². The first-order valence-corrected chi connectivity index (χ1v) is 8.62. The minimum Gasteiger partial charge on any atom is -0.350 e. The summed E-state index contributed by atoms with van der Waals surface area (Å²) in [5, 5.41) is 5.40. The summed E-state index contributed by atoms with van der Waals surface area (Å²) in [5.41, 5.74) is 0.861. The molecule has 2 aromatic rings. The average Bonchev–Trinajstić information content (AvgIpc) is 3.03. The Hall–Kier alpha value is -1.93. The second-order valence-corrected chi connectivity index (χ2v) is 7.28. The van der Waals surface area contributed by atoms with Crippen LogP contribution < -0.4 is 5.14 Å². The van der Waals surface area contributed by atoms with Gasteiger partial charge < -0.3 is 9.88 Å². The first-order chi connectivity index (χ1) is 10.3. The quantitative estimate of drug-likeness (QED) is 0.883. The lowest BCUT2D eigenvalue weighted by molar-refractivity contribution is 0.0783. The monoisotopic (exact) mass is 325 g/mol. The average molecular weight is 325 g/mol. The molecule has 0 spiro atoms. The zero-order valence-electron chi connectivity index (χ0n) is 11.8. The van der Waals surface area contributed by atoms with Crippen LogP contribution in [0, 0.1) is 11.7 Å². The van der Waals surface area contributed by atoms with Gasteiger partial charge in [0.25, 0.3) is 5.91 Å². The number of amides is 1. The number of sulfonamides is 1. The first kappa shape index (κ1) is 15.0. The predicted molar refractivity (Wildman–Crippen MR) is 80.2 cm³/mol. The van der Waals surface area contributed by atoms with Gasteiger partial charge in [-0.15, -0.1) is 0 Å². The topological polar surface area (TPSA) is 96.3 Å². The summed E-state index contributed by atoms with van der Waals surface area (Å²) < 4.78 is 35.9. The number of rotatable bonds is 3. The Morgan fingerprint density at radius 2 is 2.23 bits per heavy atom. The van der Waals surface area contributed by atoms with Crippen molar-refractivity contribution in [2.24, 2.45) is 11.1 Å². The van der Waals surface area contributed by atoms with Crippen molar-refractivity contribution in [3.8, 4) is 0 Å². The molecule has 1 amide bonds. The number of likely N-dealkylation sites (tertiary alicyclic amines) is 1. The highest BCUT2D eigenvalue weighted by molar-refractivity contribution is 7.89. The second-order valence-electron chi connectivity index (χ2n) is 5.62. The molecule has 1 aliphatic heterocycles. The molecule has 2 heterocycles. The maximum Gasteiger partial charge on any atom is 0.270 e. The van der Waals surface area contributed by atoms with Crippen molar-refractivity contribution in [2.45, 2.75) is 6.42 Å². The van der Waals surface area contributed by atoms with Crippen LogP contribution in [0.25, 0.3) is 10.9 Å². The van der Waals surface area contributed by atoms with Crippen LogP contribution in [-0.4, -0.2) is 43.1 Å². The van der Waals surface area contributed by atoms with E-state index in [4.69, 9.17) is 5.14 Å². The summed E-state index contributed by atoms with van der Waals surface area (Å²) in [4.78, 5) is 16.9. The largest absolute Gasteiger partial charge is 0.350 e. The van der Waals surface area contributed by atoms with Crippen molar-refractivity contribution in [1.29, 1.82) is 0 Å². The summed E-state index contributed by atoms with van der Waals surface area (Å²) in [7, 11) is -3.54. The number of fused-ring (bicyclic) bond motifs is 1. The molecule has 0 radical (unpaired) electrons. The van der Waals surface area contributed by atoms with E-state index in [2.05, 4.69) is 4.98 Å². The van der Waals surface area contributed by atoms with Crippen LogP contribution in [0.4, 0.5) is 4.39 Å². The van der Waals surface area contributed by atoms with Gasteiger partial charge in [-0.05, 0) is 30.5 Å². The number of primary sulfonamides is 1. The van der Waals surface area contributed by atoms with E-state index in [0.29, 0.717) is 36.1 Å². The number of nitrogens with zero attached hydrogens (tertiary/aromatic N) is 1. The highest BCUT2D eigenvalue weighted by atomic mass is 32.2. The summed E-state index contributed by atoms with van der Waals surface area (Å²) in [6, 6.07) is 6.09. The third-order valence-electron chi connectivity index (χ3n) is 3.88. The third-order valence-corrected chi connectivity index (χ3v) is 4.82. The number of halogens is 1. The highest BCUT2D eigenvalue weighted by Crippen LogP contribution is 2.23. The third kappa shape index (κ3) is 2.97. The Kier molecular flexibility index (Phi) is 3.65. The second kappa shape index (κ2) is 5.36. The van der Waals surface area contributed by atoms with E-state index in [0.717, 1.165) is 0 Å². The Morgan fingerprint density at radius 1 is 1.45 bits per heavy atom. The van der Waals surface area contributed by atoms with Crippen molar-refractivity contribution in [3.63, 3.8) is 0 Å². The Labute approximate surface area is 127 Å². The van der Waals surface area contributed by atoms with Crippen molar-refractivity contribution in [3.05, 3.63) is 35.8 Å². The highest BCUT2D eigenvalue weighted by Gasteiger charge is 2.30. The molecule has 1 saturated heterocycles. The van der Waals surface area contributed by atoms with Gasteiger partial charge in [0.05, 0.1) is 5.75 Å². The van der Waals surface area contributed by atoms with Gasteiger partial charge in [0.15, 0.2) is 0 Å². The van der Waals surface area contributed by atoms with Crippen LogP contribution in [0.3, 0.4) is 0 Å². The molecule has 6 nitrogen and oxygen atoms in total. The molecule has 118 valence electrons. The van der Waals surface area contributed by atoms with E-state index in [9.17, 15) is 17.6 Å². The zero-order valence-corrected chi connectivity index (χ0v) is 12.6. The lowest BCUT2D eigenvalue weighted by Gasteiger charge is -2.15. The zero-order chi connectivity index (χ0) is 15.9. The molecule has 1 aliphatic rings. The first-order valence-electron chi connectivity index (χ1n) is 6.90. The number of hydrogen-bond acceptors (Lipinski definition) is 3. The molecular weight excluding hydrogens is 309 g/mol. The maximum atomic E-state index is 13.7. The summed E-state index contributed by atoms with van der Waals surface area (Å²) in [5.74, 6) is -0.924. The van der Waals surface area contributed by atoms with Crippen molar-refractivity contribution >= 4 is 26.8 Å². The van der Waals surface area contributed by atoms with Gasteiger partial charge in [-0.1, -0.05) is 6.07 Å². The predicted octanol–water partition coefficient (Wildman–Crippen LogP) is 1.06. The molecule has 3 N–H and O–H groups in total. The molecule has 0 bridgehead atoms. The Bertz CT molecular complexity index is 831. The fraction of sp³-hybridized carbons (Fsp3) is 0.357. The number of aromatic nitrogens is 1. The Morgan fingerprint density at radius 3 is 2.91 bits per heavy atom. The van der Waals surface area contributed by atoms with Gasteiger partial charge in [-0.25, -0.2) is 17.9 Å². The number of nitrogens with one attached hydrogen (secondary N) is 1. The summed E-state index contributed by atoms with van der Waals surface area (Å²) in [6.45, 7) is 0.810. The van der Waals surface area contributed by atoms with E-state index in [1.165, 1.54) is 12.1 Å². The van der Waals surface area contributed by atoms with Crippen LogP contribution in [0.15, 0.2) is 24.3 Å². The van der Waals surface area contributed by atoms with Crippen LogP contribution in [0.2, 0.25) is 0 Å². The standard InChI is InChI=1S/C14H16FN3O3S/c15-11-2-1-3-12-10(11)6-13(17-12)14(19)18-5-4-9(7-18)8-22(16,20)21/h1-3,6,9,17H,4-5,7-8H2,(H2,16,20,21). The number of hydrogen-bond donors (Lipinski definition) is 2. The van der Waals surface area contributed by atoms with Gasteiger partial charge in [0.1, 0.15) is 11.5 Å². The van der Waals surface area contributed by atoms with Crippen LogP contribution in [-0.2, 0) is 10.0 Å². The number of benzene rings is 1. The number of carbonyl (C=O) groups is 1.